The second-order valence-corrected chi connectivity index (χ2v) is 6.79. The minimum Gasteiger partial charge on any atom is -0.491 e. The minimum atomic E-state index is -4.44. The molecule has 0 saturated carbocycles. The molecular weight excluding hydrogens is 397 g/mol. The van der Waals surface area contributed by atoms with E-state index in [-0.39, 0.29) is 30.0 Å². The molecule has 150 valence electrons. The number of carbonyl (C=O) groups excluding carboxylic acids is 1. The van der Waals surface area contributed by atoms with E-state index in [2.05, 4.69) is 4.98 Å². The average molecular weight is 415 g/mol. The maximum atomic E-state index is 12.8. The van der Waals surface area contributed by atoms with E-state index in [1.165, 1.54) is 18.2 Å². The third-order valence-corrected chi connectivity index (χ3v) is 4.39. The zero-order valence-electron chi connectivity index (χ0n) is 15.0. The fraction of sp³-hybridized carbons (Fsp3) is 0.368. The fourth-order valence-corrected chi connectivity index (χ4v) is 3.14. The average Bonchev–Trinajstić information content (AvgIpc) is 2.65. The molecule has 0 N–H and O–H groups in total. The van der Waals surface area contributed by atoms with Crippen LogP contribution in [0.5, 0.6) is 5.75 Å². The highest BCUT2D eigenvalue weighted by atomic mass is 35.5. The van der Waals surface area contributed by atoms with Gasteiger partial charge in [-0.05, 0) is 37.3 Å². The summed E-state index contributed by atoms with van der Waals surface area (Å²) in [6.45, 7) is 2.74. The van der Waals surface area contributed by atoms with Crippen LogP contribution in [-0.4, -0.2) is 48.2 Å². The first kappa shape index (κ1) is 20.4. The zero-order chi connectivity index (χ0) is 20.3. The largest absolute Gasteiger partial charge is 0.491 e. The van der Waals surface area contributed by atoms with Crippen molar-refractivity contribution in [2.24, 2.45) is 0 Å². The van der Waals surface area contributed by atoms with E-state index in [0.717, 1.165) is 12.1 Å². The number of hydrogen-bond acceptors (Lipinski definition) is 4. The van der Waals surface area contributed by atoms with Crippen molar-refractivity contribution in [1.29, 1.82) is 0 Å². The third kappa shape index (κ3) is 5.14. The number of halogens is 4. The van der Waals surface area contributed by atoms with E-state index in [0.29, 0.717) is 24.4 Å². The lowest BCUT2D eigenvalue weighted by Gasteiger charge is -2.33. The molecule has 2 aromatic rings. The molecule has 1 aliphatic rings. The van der Waals surface area contributed by atoms with Crippen LogP contribution >= 0.6 is 11.6 Å². The van der Waals surface area contributed by atoms with Crippen LogP contribution in [0.4, 0.5) is 13.2 Å². The number of aryl methyl sites for hydroxylation is 1. The van der Waals surface area contributed by atoms with Crippen LogP contribution in [0.1, 0.15) is 21.6 Å². The van der Waals surface area contributed by atoms with Crippen LogP contribution in [0.15, 0.2) is 36.4 Å². The van der Waals surface area contributed by atoms with Crippen LogP contribution in [0.25, 0.3) is 0 Å². The molecule has 9 heteroatoms. The maximum absolute atomic E-state index is 12.8. The number of hydrogen-bond donors (Lipinski definition) is 0. The lowest BCUT2D eigenvalue weighted by atomic mass is 10.2. The molecule has 0 radical (unpaired) electrons. The third-order valence-electron chi connectivity index (χ3n) is 4.19. The van der Waals surface area contributed by atoms with Crippen molar-refractivity contribution in [3.63, 3.8) is 0 Å². The maximum Gasteiger partial charge on any atom is 0.416 e. The Hall–Kier alpha value is -2.32. The Morgan fingerprint density at radius 3 is 2.86 bits per heavy atom. The van der Waals surface area contributed by atoms with Gasteiger partial charge in [0.05, 0.1) is 18.7 Å². The molecule has 0 unspecified atom stereocenters. The second kappa shape index (κ2) is 8.36. The van der Waals surface area contributed by atoms with E-state index >= 15 is 0 Å². The summed E-state index contributed by atoms with van der Waals surface area (Å²) in [7, 11) is 0. The van der Waals surface area contributed by atoms with Crippen LogP contribution in [0.3, 0.4) is 0 Å². The van der Waals surface area contributed by atoms with Crippen LogP contribution in [0.2, 0.25) is 5.15 Å². The topological polar surface area (TPSA) is 51.7 Å². The summed E-state index contributed by atoms with van der Waals surface area (Å²) >= 11 is 5.92. The van der Waals surface area contributed by atoms with E-state index < -0.39 is 17.8 Å². The number of rotatable bonds is 4. The highest BCUT2D eigenvalue weighted by Crippen LogP contribution is 2.31. The number of pyridine rings is 1. The Morgan fingerprint density at radius 2 is 2.14 bits per heavy atom. The van der Waals surface area contributed by atoms with Gasteiger partial charge in [-0.3, -0.25) is 4.79 Å². The standard InChI is InChI=1S/C19H18ClF3N2O3/c1-12-7-13(8-17(20)24-12)18(26)25-5-6-27-16(10-25)11-28-15-4-2-3-14(9-15)19(21,22)23/h2-4,7-9,16H,5-6,10-11H2,1H3/t16-/m1/s1. The molecule has 1 amide bonds. The first-order valence-electron chi connectivity index (χ1n) is 8.57. The van der Waals surface area contributed by atoms with Gasteiger partial charge in [0, 0.05) is 17.8 Å². The van der Waals surface area contributed by atoms with Gasteiger partial charge in [0.1, 0.15) is 23.6 Å². The molecule has 3 rings (SSSR count). The highest BCUT2D eigenvalue weighted by molar-refractivity contribution is 6.29. The summed E-state index contributed by atoms with van der Waals surface area (Å²) in [5, 5.41) is 0.237. The summed E-state index contributed by atoms with van der Waals surface area (Å²) in [6.07, 6.45) is -4.89. The number of amides is 1. The normalized spacial score (nSPS) is 17.5. The van der Waals surface area contributed by atoms with Gasteiger partial charge in [-0.15, -0.1) is 0 Å². The van der Waals surface area contributed by atoms with Gasteiger partial charge in [0.15, 0.2) is 0 Å². The molecule has 1 saturated heterocycles. The SMILES string of the molecule is Cc1cc(C(=O)N2CCO[C@@H](COc3cccc(C(F)(F)F)c3)C2)cc(Cl)n1. The number of morpholine rings is 1. The van der Waals surface area contributed by atoms with Gasteiger partial charge < -0.3 is 14.4 Å². The molecule has 1 aromatic heterocycles. The lowest BCUT2D eigenvalue weighted by Crippen LogP contribution is -2.47. The van der Waals surface area contributed by atoms with Crippen molar-refractivity contribution in [2.75, 3.05) is 26.3 Å². The predicted octanol–water partition coefficient (Wildman–Crippen LogP) is 3.98. The van der Waals surface area contributed by atoms with Gasteiger partial charge in [-0.1, -0.05) is 17.7 Å². The number of carbonyl (C=O) groups is 1. The van der Waals surface area contributed by atoms with Crippen molar-refractivity contribution in [2.45, 2.75) is 19.2 Å². The molecule has 2 heterocycles. The molecule has 5 nitrogen and oxygen atoms in total. The summed E-state index contributed by atoms with van der Waals surface area (Å²) in [5.41, 5.74) is 0.279. The number of benzene rings is 1. The van der Waals surface area contributed by atoms with Crippen LogP contribution < -0.4 is 4.74 Å². The molecule has 0 aliphatic carbocycles. The number of alkyl halides is 3. The van der Waals surface area contributed by atoms with Gasteiger partial charge >= 0.3 is 6.18 Å². The molecule has 0 bridgehead atoms. The number of ether oxygens (including phenoxy) is 2. The fourth-order valence-electron chi connectivity index (χ4n) is 2.89. The summed E-state index contributed by atoms with van der Waals surface area (Å²) in [6, 6.07) is 7.80. The predicted molar refractivity (Wildman–Crippen MR) is 96.6 cm³/mol. The Bertz CT molecular complexity index is 840. The Morgan fingerprint density at radius 1 is 1.36 bits per heavy atom. The number of aromatic nitrogens is 1. The molecule has 0 spiro atoms. The van der Waals surface area contributed by atoms with E-state index in [1.807, 2.05) is 0 Å². The molecule has 1 aliphatic heterocycles. The van der Waals surface area contributed by atoms with Crippen molar-refractivity contribution >= 4 is 17.5 Å². The van der Waals surface area contributed by atoms with Gasteiger partial charge in [-0.25, -0.2) is 4.98 Å². The van der Waals surface area contributed by atoms with Crippen molar-refractivity contribution in [1.82, 2.24) is 9.88 Å². The van der Waals surface area contributed by atoms with Crippen molar-refractivity contribution in [3.8, 4) is 5.75 Å². The zero-order valence-corrected chi connectivity index (χ0v) is 15.8. The smallest absolute Gasteiger partial charge is 0.416 e. The number of nitrogens with zero attached hydrogens (tertiary/aromatic N) is 2. The van der Waals surface area contributed by atoms with Gasteiger partial charge in [0.2, 0.25) is 0 Å². The molecular formula is C19H18ClF3N2O3. The van der Waals surface area contributed by atoms with E-state index in [4.69, 9.17) is 21.1 Å². The molecule has 1 aromatic carbocycles. The molecule has 1 atom stereocenters. The van der Waals surface area contributed by atoms with Crippen LogP contribution in [0, 0.1) is 6.92 Å². The van der Waals surface area contributed by atoms with E-state index in [9.17, 15) is 18.0 Å². The first-order chi connectivity index (χ1) is 13.2. The summed E-state index contributed by atoms with van der Waals surface area (Å²) in [5.74, 6) is -0.113. The monoisotopic (exact) mass is 414 g/mol. The Balaban J connectivity index is 1.61. The molecule has 28 heavy (non-hydrogen) atoms. The van der Waals surface area contributed by atoms with Crippen molar-refractivity contribution < 1.29 is 27.4 Å². The highest BCUT2D eigenvalue weighted by Gasteiger charge is 2.31. The minimum absolute atomic E-state index is 0.0290. The second-order valence-electron chi connectivity index (χ2n) is 6.40. The quantitative estimate of drug-likeness (QED) is 0.710. The van der Waals surface area contributed by atoms with Crippen molar-refractivity contribution in [3.05, 3.63) is 58.4 Å². The lowest BCUT2D eigenvalue weighted by molar-refractivity contribution is -0.137. The Kier molecular flexibility index (Phi) is 6.10. The van der Waals surface area contributed by atoms with Gasteiger partial charge in [0.25, 0.3) is 5.91 Å². The summed E-state index contributed by atoms with van der Waals surface area (Å²) < 4.78 is 49.4. The molecule has 1 fully saturated rings. The van der Waals surface area contributed by atoms with Crippen LogP contribution in [-0.2, 0) is 10.9 Å². The van der Waals surface area contributed by atoms with Gasteiger partial charge in [-0.2, -0.15) is 13.2 Å². The van der Waals surface area contributed by atoms with E-state index in [1.54, 1.807) is 17.9 Å². The first-order valence-corrected chi connectivity index (χ1v) is 8.95. The Labute approximate surface area is 165 Å². The summed E-state index contributed by atoms with van der Waals surface area (Å²) in [4.78, 5) is 18.3.